The Kier molecular flexibility index (Phi) is 7.40. The Labute approximate surface area is 182 Å². The first-order valence-electron chi connectivity index (χ1n) is 9.84. The van der Waals surface area contributed by atoms with Crippen LogP contribution in [0.1, 0.15) is 18.2 Å². The quantitative estimate of drug-likeness (QED) is 0.432. The minimum Gasteiger partial charge on any atom is -0.493 e. The molecule has 0 saturated carbocycles. The van der Waals surface area contributed by atoms with Crippen molar-refractivity contribution in [2.75, 3.05) is 20.3 Å². The summed E-state index contributed by atoms with van der Waals surface area (Å²) in [6.45, 7) is 0.892. The summed E-state index contributed by atoms with van der Waals surface area (Å²) in [7, 11) is 1.54. The van der Waals surface area contributed by atoms with Gasteiger partial charge in [-0.25, -0.2) is 4.98 Å². The van der Waals surface area contributed by atoms with Crippen LogP contribution in [-0.2, 0) is 17.6 Å². The molecule has 0 spiro atoms. The van der Waals surface area contributed by atoms with E-state index in [-0.39, 0.29) is 24.4 Å². The molecule has 1 heterocycles. The van der Waals surface area contributed by atoms with Crippen molar-refractivity contribution in [1.29, 1.82) is 0 Å². The van der Waals surface area contributed by atoms with E-state index in [1.165, 1.54) is 12.3 Å². The average molecular weight is 449 g/mol. The molecule has 0 atom stereocenters. The number of hydrogen-bond acceptors (Lipinski definition) is 6. The van der Waals surface area contributed by atoms with Crippen molar-refractivity contribution in [1.82, 2.24) is 4.98 Å². The van der Waals surface area contributed by atoms with Gasteiger partial charge >= 0.3 is 6.18 Å². The highest BCUT2D eigenvalue weighted by atomic mass is 19.4. The van der Waals surface area contributed by atoms with E-state index in [0.29, 0.717) is 40.8 Å². The van der Waals surface area contributed by atoms with E-state index in [0.717, 1.165) is 0 Å². The number of carbonyl (C=O) groups is 1. The number of Topliss-reactive ketones (excluding diaryl/α,β-unsaturated/α-hetero) is 1. The first kappa shape index (κ1) is 23.2. The lowest BCUT2D eigenvalue weighted by atomic mass is 10.1. The zero-order valence-corrected chi connectivity index (χ0v) is 17.6. The Balaban J connectivity index is 1.68. The number of carbonyl (C=O) groups excluding carboxylic acids is 1. The van der Waals surface area contributed by atoms with E-state index in [1.807, 2.05) is 6.92 Å². The number of hydrogen-bond donors (Lipinski definition) is 0. The second kappa shape index (κ2) is 10.2. The molecule has 0 fully saturated rings. The summed E-state index contributed by atoms with van der Waals surface area (Å²) in [5, 5.41) is 0. The van der Waals surface area contributed by atoms with Crippen LogP contribution in [0.15, 0.2) is 53.1 Å². The normalized spacial score (nSPS) is 11.3. The van der Waals surface area contributed by atoms with E-state index in [4.69, 9.17) is 18.6 Å². The second-order valence-electron chi connectivity index (χ2n) is 6.85. The van der Waals surface area contributed by atoms with Gasteiger partial charge in [-0.15, -0.1) is 0 Å². The van der Waals surface area contributed by atoms with Crippen LogP contribution in [0.4, 0.5) is 13.2 Å². The van der Waals surface area contributed by atoms with Crippen molar-refractivity contribution >= 4 is 5.78 Å². The Morgan fingerprint density at radius 2 is 1.81 bits per heavy atom. The summed E-state index contributed by atoms with van der Waals surface area (Å²) in [6, 6.07) is 11.4. The minimum absolute atomic E-state index is 0.0284. The molecule has 3 aromatic rings. The summed E-state index contributed by atoms with van der Waals surface area (Å²) in [5.74, 6) is 1.21. The van der Waals surface area contributed by atoms with Crippen LogP contribution in [0.5, 0.6) is 17.2 Å². The number of halogens is 3. The molecule has 0 aliphatic carbocycles. The highest BCUT2D eigenvalue weighted by Crippen LogP contribution is 2.32. The fourth-order valence-electron chi connectivity index (χ4n) is 3.03. The van der Waals surface area contributed by atoms with E-state index in [9.17, 15) is 18.0 Å². The van der Waals surface area contributed by atoms with Crippen LogP contribution in [0.2, 0.25) is 0 Å². The van der Waals surface area contributed by atoms with Crippen LogP contribution in [0, 0.1) is 0 Å². The summed E-state index contributed by atoms with van der Waals surface area (Å²) >= 11 is 0. The number of rotatable bonds is 10. The third kappa shape index (κ3) is 6.26. The van der Waals surface area contributed by atoms with E-state index in [2.05, 4.69) is 4.98 Å². The van der Waals surface area contributed by atoms with Gasteiger partial charge in [0.15, 0.2) is 18.1 Å². The van der Waals surface area contributed by atoms with Crippen LogP contribution in [0.25, 0.3) is 11.5 Å². The zero-order chi connectivity index (χ0) is 23.1. The van der Waals surface area contributed by atoms with Crippen molar-refractivity contribution in [2.45, 2.75) is 25.9 Å². The number of ether oxygens (including phenoxy) is 3. The molecule has 2 aromatic carbocycles. The molecular formula is C23H22F3NO5. The molecule has 0 amide bonds. The first-order valence-corrected chi connectivity index (χ1v) is 9.84. The molecule has 0 bridgehead atoms. The number of ketones is 1. The molecule has 170 valence electrons. The molecule has 0 saturated heterocycles. The number of para-hydroxylation sites is 1. The second-order valence-corrected chi connectivity index (χ2v) is 6.85. The standard InChI is InChI=1S/C23H22F3NO5/c1-3-30-21-11-16(8-9-20(21)29-2)22-27-17(13-31-22)12-18(28)10-15-6-4-5-7-19(15)32-14-23(24,25)26/h4-9,11,13H,3,10,12,14H2,1-2H3. The molecule has 9 heteroatoms. The van der Waals surface area contributed by atoms with Crippen LogP contribution < -0.4 is 14.2 Å². The average Bonchev–Trinajstić information content (AvgIpc) is 3.21. The maximum Gasteiger partial charge on any atom is 0.422 e. The molecule has 3 rings (SSSR count). The molecule has 0 unspecified atom stereocenters. The number of oxazole rings is 1. The fourth-order valence-corrected chi connectivity index (χ4v) is 3.03. The monoisotopic (exact) mass is 449 g/mol. The molecule has 0 N–H and O–H groups in total. The van der Waals surface area contributed by atoms with Gasteiger partial charge in [-0.3, -0.25) is 4.79 Å². The maximum atomic E-state index is 12.5. The van der Waals surface area contributed by atoms with Crippen molar-refractivity contribution in [3.63, 3.8) is 0 Å². The predicted molar refractivity (Wildman–Crippen MR) is 110 cm³/mol. The molecule has 1 aromatic heterocycles. The van der Waals surface area contributed by atoms with Crippen LogP contribution in [-0.4, -0.2) is 37.3 Å². The zero-order valence-electron chi connectivity index (χ0n) is 17.6. The number of aromatic nitrogens is 1. The Bertz CT molecular complexity index is 1060. The van der Waals surface area contributed by atoms with Gasteiger partial charge in [-0.2, -0.15) is 13.2 Å². The van der Waals surface area contributed by atoms with Gasteiger partial charge in [0, 0.05) is 17.5 Å². The molecule has 0 radical (unpaired) electrons. The van der Waals surface area contributed by atoms with Gasteiger partial charge < -0.3 is 18.6 Å². The van der Waals surface area contributed by atoms with Gasteiger partial charge in [-0.05, 0) is 31.2 Å². The van der Waals surface area contributed by atoms with Crippen molar-refractivity contribution in [3.05, 3.63) is 60.0 Å². The molecule has 6 nitrogen and oxygen atoms in total. The van der Waals surface area contributed by atoms with Crippen LogP contribution >= 0.6 is 0 Å². The van der Waals surface area contributed by atoms with Crippen molar-refractivity contribution in [3.8, 4) is 28.7 Å². The van der Waals surface area contributed by atoms with E-state index >= 15 is 0 Å². The third-order valence-electron chi connectivity index (χ3n) is 4.39. The third-order valence-corrected chi connectivity index (χ3v) is 4.39. The lowest BCUT2D eigenvalue weighted by molar-refractivity contribution is -0.153. The predicted octanol–water partition coefficient (Wildman–Crippen LogP) is 5.04. The van der Waals surface area contributed by atoms with E-state index < -0.39 is 12.8 Å². The highest BCUT2D eigenvalue weighted by Gasteiger charge is 2.29. The summed E-state index contributed by atoms with van der Waals surface area (Å²) in [5.41, 5.74) is 1.44. The van der Waals surface area contributed by atoms with Gasteiger partial charge in [0.25, 0.3) is 0 Å². The van der Waals surface area contributed by atoms with Crippen LogP contribution in [0.3, 0.4) is 0 Å². The van der Waals surface area contributed by atoms with E-state index in [1.54, 1.807) is 43.5 Å². The topological polar surface area (TPSA) is 70.8 Å². The Hall–Kier alpha value is -3.49. The Morgan fingerprint density at radius 3 is 2.53 bits per heavy atom. The minimum atomic E-state index is -4.46. The lowest BCUT2D eigenvalue weighted by Gasteiger charge is -2.12. The van der Waals surface area contributed by atoms with Gasteiger partial charge in [0.1, 0.15) is 17.8 Å². The smallest absolute Gasteiger partial charge is 0.422 e. The van der Waals surface area contributed by atoms with Gasteiger partial charge in [0.05, 0.1) is 25.8 Å². The summed E-state index contributed by atoms with van der Waals surface area (Å²) < 4.78 is 58.5. The summed E-state index contributed by atoms with van der Waals surface area (Å²) in [4.78, 5) is 16.9. The van der Waals surface area contributed by atoms with Gasteiger partial charge in [-0.1, -0.05) is 18.2 Å². The van der Waals surface area contributed by atoms with Crippen molar-refractivity contribution in [2.24, 2.45) is 0 Å². The van der Waals surface area contributed by atoms with Gasteiger partial charge in [0.2, 0.25) is 5.89 Å². The lowest BCUT2D eigenvalue weighted by Crippen LogP contribution is -2.20. The molecule has 0 aliphatic heterocycles. The number of nitrogens with zero attached hydrogens (tertiary/aromatic N) is 1. The number of benzene rings is 2. The molecular weight excluding hydrogens is 427 g/mol. The number of methoxy groups -OCH3 is 1. The Morgan fingerprint density at radius 1 is 1.03 bits per heavy atom. The molecule has 0 aliphatic rings. The summed E-state index contributed by atoms with van der Waals surface area (Å²) in [6.07, 6.45) is -3.21. The first-order chi connectivity index (χ1) is 15.3. The molecule has 32 heavy (non-hydrogen) atoms. The maximum absolute atomic E-state index is 12.5. The number of alkyl halides is 3. The highest BCUT2D eigenvalue weighted by molar-refractivity contribution is 5.83. The largest absolute Gasteiger partial charge is 0.493 e. The van der Waals surface area contributed by atoms with Crippen molar-refractivity contribution < 1.29 is 36.6 Å². The SMILES string of the molecule is CCOc1cc(-c2nc(CC(=O)Cc3ccccc3OCC(F)(F)F)co2)ccc1OC. The fraction of sp³-hybridized carbons (Fsp3) is 0.304.